The van der Waals surface area contributed by atoms with Crippen LogP contribution < -0.4 is 9.62 Å². The number of anilines is 1. The first-order valence-corrected chi connectivity index (χ1v) is 11.7. The molecule has 0 atom stereocenters. The number of carbonyl (C=O) groups is 1. The molecule has 0 fully saturated rings. The summed E-state index contributed by atoms with van der Waals surface area (Å²) in [6.45, 7) is 4.45. The molecule has 3 rings (SSSR count). The third-order valence-electron chi connectivity index (χ3n) is 5.21. The van der Waals surface area contributed by atoms with E-state index in [2.05, 4.69) is 30.4 Å². The minimum Gasteiger partial charge on any atom is -0.352 e. The molecule has 0 spiro atoms. The molecule has 1 N–H and O–H groups in total. The highest BCUT2D eigenvalue weighted by Gasteiger charge is 2.22. The van der Waals surface area contributed by atoms with Gasteiger partial charge in [0.25, 0.3) is 15.9 Å². The zero-order chi connectivity index (χ0) is 22.4. The van der Waals surface area contributed by atoms with Crippen LogP contribution in [-0.2, 0) is 16.4 Å². The van der Waals surface area contributed by atoms with E-state index in [9.17, 15) is 13.2 Å². The zero-order valence-electron chi connectivity index (χ0n) is 18.1. The quantitative estimate of drug-likeness (QED) is 0.529. The molecule has 0 aliphatic heterocycles. The zero-order valence-corrected chi connectivity index (χ0v) is 18.9. The molecule has 0 aliphatic carbocycles. The fourth-order valence-corrected chi connectivity index (χ4v) is 4.78. The Bertz CT molecular complexity index is 1160. The van der Waals surface area contributed by atoms with Crippen LogP contribution in [0.5, 0.6) is 0 Å². The number of sulfonamides is 1. The molecule has 0 radical (unpaired) electrons. The van der Waals surface area contributed by atoms with Crippen LogP contribution in [-0.4, -0.2) is 27.9 Å². The topological polar surface area (TPSA) is 66.5 Å². The normalized spacial score (nSPS) is 11.2. The van der Waals surface area contributed by atoms with Gasteiger partial charge in [0.15, 0.2) is 0 Å². The number of rotatable bonds is 8. The van der Waals surface area contributed by atoms with Gasteiger partial charge in [0.1, 0.15) is 0 Å². The van der Waals surface area contributed by atoms with Gasteiger partial charge in [-0.2, -0.15) is 0 Å². The minimum atomic E-state index is -3.66. The number of carbonyl (C=O) groups excluding carboxylic acids is 1. The van der Waals surface area contributed by atoms with Crippen molar-refractivity contribution in [1.82, 2.24) is 5.32 Å². The van der Waals surface area contributed by atoms with Crippen LogP contribution in [0, 0.1) is 13.8 Å². The first-order valence-electron chi connectivity index (χ1n) is 10.3. The average molecular weight is 437 g/mol. The van der Waals surface area contributed by atoms with Gasteiger partial charge >= 0.3 is 0 Å². The van der Waals surface area contributed by atoms with Crippen LogP contribution in [0.15, 0.2) is 77.7 Å². The largest absolute Gasteiger partial charge is 0.352 e. The van der Waals surface area contributed by atoms with E-state index in [1.807, 2.05) is 6.07 Å². The monoisotopic (exact) mass is 436 g/mol. The first kappa shape index (κ1) is 22.6. The Morgan fingerprint density at radius 1 is 0.935 bits per heavy atom. The Hall–Kier alpha value is -3.12. The van der Waals surface area contributed by atoms with Gasteiger partial charge in [-0.05, 0) is 68.1 Å². The molecule has 162 valence electrons. The van der Waals surface area contributed by atoms with Crippen molar-refractivity contribution in [2.75, 3.05) is 17.9 Å². The number of amides is 1. The minimum absolute atomic E-state index is 0.160. The second-order valence-electron chi connectivity index (χ2n) is 7.64. The highest BCUT2D eigenvalue weighted by atomic mass is 32.2. The summed E-state index contributed by atoms with van der Waals surface area (Å²) >= 11 is 0. The Kier molecular flexibility index (Phi) is 7.13. The van der Waals surface area contributed by atoms with Gasteiger partial charge in [-0.3, -0.25) is 9.10 Å². The Morgan fingerprint density at radius 2 is 1.68 bits per heavy atom. The molecule has 3 aromatic rings. The van der Waals surface area contributed by atoms with Crippen molar-refractivity contribution < 1.29 is 13.2 Å². The van der Waals surface area contributed by atoms with E-state index in [1.165, 1.54) is 22.5 Å². The van der Waals surface area contributed by atoms with E-state index in [0.717, 1.165) is 18.4 Å². The lowest BCUT2D eigenvalue weighted by atomic mass is 10.1. The number of aryl methyl sites for hydroxylation is 3. The highest BCUT2D eigenvalue weighted by Crippen LogP contribution is 2.26. The van der Waals surface area contributed by atoms with Gasteiger partial charge in [-0.1, -0.05) is 48.0 Å². The molecule has 1 amide bonds. The predicted octanol–water partition coefficient (Wildman–Crippen LogP) is 4.49. The Labute approximate surface area is 184 Å². The number of nitrogens with zero attached hydrogens (tertiary/aromatic N) is 1. The van der Waals surface area contributed by atoms with Crippen LogP contribution in [0.2, 0.25) is 0 Å². The molecular weight excluding hydrogens is 408 g/mol. The SMILES string of the molecule is Cc1cccc(CCCNC(=O)c2ccc(N(C)S(=O)(=O)c3ccccc3)c(C)c2)c1. The molecule has 6 heteroatoms. The summed E-state index contributed by atoms with van der Waals surface area (Å²) in [5.41, 5.74) is 4.27. The maximum absolute atomic E-state index is 12.9. The third-order valence-corrected chi connectivity index (χ3v) is 7.00. The summed E-state index contributed by atoms with van der Waals surface area (Å²) in [7, 11) is -2.14. The van der Waals surface area contributed by atoms with Gasteiger partial charge < -0.3 is 5.32 Å². The summed E-state index contributed by atoms with van der Waals surface area (Å²) in [4.78, 5) is 12.7. The molecule has 0 bridgehead atoms. The number of benzene rings is 3. The van der Waals surface area contributed by atoms with Gasteiger partial charge in [0, 0.05) is 19.2 Å². The fourth-order valence-electron chi connectivity index (χ4n) is 3.49. The molecule has 0 saturated carbocycles. The van der Waals surface area contributed by atoms with E-state index in [1.54, 1.807) is 55.5 Å². The lowest BCUT2D eigenvalue weighted by molar-refractivity contribution is 0.0953. The maximum Gasteiger partial charge on any atom is 0.264 e. The molecule has 3 aromatic carbocycles. The van der Waals surface area contributed by atoms with Crippen molar-refractivity contribution in [2.24, 2.45) is 0 Å². The van der Waals surface area contributed by atoms with Crippen molar-refractivity contribution in [2.45, 2.75) is 31.6 Å². The molecule has 0 aliphatic rings. The molecule has 0 aromatic heterocycles. The lowest BCUT2D eigenvalue weighted by Crippen LogP contribution is -2.28. The smallest absolute Gasteiger partial charge is 0.264 e. The predicted molar refractivity (Wildman–Crippen MR) is 125 cm³/mol. The summed E-state index contributed by atoms with van der Waals surface area (Å²) in [5.74, 6) is -0.160. The Morgan fingerprint density at radius 3 is 2.35 bits per heavy atom. The van der Waals surface area contributed by atoms with Gasteiger partial charge in [0.2, 0.25) is 0 Å². The summed E-state index contributed by atoms with van der Waals surface area (Å²) < 4.78 is 27.0. The number of hydrogen-bond acceptors (Lipinski definition) is 3. The maximum atomic E-state index is 12.9. The van der Waals surface area contributed by atoms with Crippen molar-refractivity contribution in [3.63, 3.8) is 0 Å². The van der Waals surface area contributed by atoms with Crippen LogP contribution >= 0.6 is 0 Å². The van der Waals surface area contributed by atoms with E-state index < -0.39 is 10.0 Å². The van der Waals surface area contributed by atoms with E-state index in [0.29, 0.717) is 17.8 Å². The first-order chi connectivity index (χ1) is 14.8. The third kappa shape index (κ3) is 5.52. The molecule has 0 unspecified atom stereocenters. The highest BCUT2D eigenvalue weighted by molar-refractivity contribution is 7.92. The molecular formula is C25H28N2O3S. The van der Waals surface area contributed by atoms with E-state index in [4.69, 9.17) is 0 Å². The van der Waals surface area contributed by atoms with Crippen molar-refractivity contribution in [1.29, 1.82) is 0 Å². The van der Waals surface area contributed by atoms with Crippen molar-refractivity contribution in [3.05, 3.63) is 95.1 Å². The molecule has 0 saturated heterocycles. The van der Waals surface area contributed by atoms with Crippen LogP contribution in [0.3, 0.4) is 0 Å². The van der Waals surface area contributed by atoms with Gasteiger partial charge in [-0.25, -0.2) is 8.42 Å². The molecule has 5 nitrogen and oxygen atoms in total. The summed E-state index contributed by atoms with van der Waals surface area (Å²) in [6.07, 6.45) is 1.76. The van der Waals surface area contributed by atoms with E-state index in [-0.39, 0.29) is 10.8 Å². The lowest BCUT2D eigenvalue weighted by Gasteiger charge is -2.22. The Balaban J connectivity index is 1.62. The van der Waals surface area contributed by atoms with Crippen LogP contribution in [0.4, 0.5) is 5.69 Å². The molecule has 0 heterocycles. The molecule has 31 heavy (non-hydrogen) atoms. The second-order valence-corrected chi connectivity index (χ2v) is 9.60. The van der Waals surface area contributed by atoms with Crippen molar-refractivity contribution in [3.8, 4) is 0 Å². The van der Waals surface area contributed by atoms with Gasteiger partial charge in [0.05, 0.1) is 10.6 Å². The average Bonchev–Trinajstić information content (AvgIpc) is 2.76. The fraction of sp³-hybridized carbons (Fsp3) is 0.240. The number of nitrogens with one attached hydrogen (secondary N) is 1. The standard InChI is InChI=1S/C25H28N2O3S/c1-19-9-7-10-21(17-19)11-8-16-26-25(28)22-14-15-24(20(2)18-22)27(3)31(29,30)23-12-5-4-6-13-23/h4-7,9-10,12-15,17-18H,8,11,16H2,1-3H3,(H,26,28). The van der Waals surface area contributed by atoms with Crippen LogP contribution in [0.25, 0.3) is 0 Å². The second kappa shape index (κ2) is 9.79. The van der Waals surface area contributed by atoms with Crippen molar-refractivity contribution >= 4 is 21.6 Å². The summed E-state index contributed by atoms with van der Waals surface area (Å²) in [6, 6.07) is 21.7. The summed E-state index contributed by atoms with van der Waals surface area (Å²) in [5, 5.41) is 2.95. The van der Waals surface area contributed by atoms with Crippen LogP contribution in [0.1, 0.15) is 33.5 Å². The van der Waals surface area contributed by atoms with Gasteiger partial charge in [-0.15, -0.1) is 0 Å². The number of hydrogen-bond donors (Lipinski definition) is 1. The van der Waals surface area contributed by atoms with E-state index >= 15 is 0 Å².